The zero-order chi connectivity index (χ0) is 17.2. The largest absolute Gasteiger partial charge is 0.507 e. The number of para-hydroxylation sites is 1. The van der Waals surface area contributed by atoms with Gasteiger partial charge in [0.2, 0.25) is 0 Å². The SMILES string of the molecule is O/N=C\c1c[nH]c2ccc(-c3ccc(-c4ccccc4O)cc3)cc12. The highest BCUT2D eigenvalue weighted by molar-refractivity contribution is 6.00. The summed E-state index contributed by atoms with van der Waals surface area (Å²) in [5.74, 6) is 0.275. The quantitative estimate of drug-likeness (QED) is 0.281. The maximum Gasteiger partial charge on any atom is 0.123 e. The third kappa shape index (κ3) is 2.74. The Kier molecular flexibility index (Phi) is 3.71. The number of fused-ring (bicyclic) bond motifs is 1. The van der Waals surface area contributed by atoms with Crippen LogP contribution < -0.4 is 0 Å². The van der Waals surface area contributed by atoms with Crippen LogP contribution in [0.1, 0.15) is 5.56 Å². The zero-order valence-electron chi connectivity index (χ0n) is 13.3. The number of rotatable bonds is 3. The van der Waals surface area contributed by atoms with E-state index in [0.29, 0.717) is 0 Å². The molecule has 4 nitrogen and oxygen atoms in total. The molecule has 0 spiro atoms. The highest BCUT2D eigenvalue weighted by Crippen LogP contribution is 2.31. The average molecular weight is 328 g/mol. The Balaban J connectivity index is 1.74. The van der Waals surface area contributed by atoms with E-state index in [1.54, 1.807) is 6.07 Å². The maximum atomic E-state index is 9.99. The molecule has 3 N–H and O–H groups in total. The fourth-order valence-electron chi connectivity index (χ4n) is 3.05. The topological polar surface area (TPSA) is 68.6 Å². The van der Waals surface area contributed by atoms with Gasteiger partial charge in [-0.05, 0) is 34.9 Å². The highest BCUT2D eigenvalue weighted by Gasteiger charge is 2.07. The molecular formula is C21H16N2O2. The van der Waals surface area contributed by atoms with Crippen LogP contribution in [0.25, 0.3) is 33.2 Å². The lowest BCUT2D eigenvalue weighted by Crippen LogP contribution is -1.82. The molecule has 0 unspecified atom stereocenters. The Labute approximate surface area is 144 Å². The number of phenolic OH excluding ortho intramolecular Hbond substituents is 1. The number of aromatic hydroxyl groups is 1. The standard InChI is InChI=1S/C21H16N2O2/c24-21-4-2-1-3-18(21)15-7-5-14(6-8-15)16-9-10-20-19(11-16)17(12-22-20)13-23-25/h1-13,22,24-25H/b23-13-. The number of aromatic nitrogens is 1. The van der Waals surface area contributed by atoms with Gasteiger partial charge in [-0.2, -0.15) is 0 Å². The summed E-state index contributed by atoms with van der Waals surface area (Å²) in [5, 5.41) is 22.9. The first kappa shape index (κ1) is 15.0. The van der Waals surface area contributed by atoms with Gasteiger partial charge >= 0.3 is 0 Å². The van der Waals surface area contributed by atoms with Crippen molar-refractivity contribution in [1.82, 2.24) is 4.98 Å². The molecule has 4 rings (SSSR count). The number of phenols is 1. The summed E-state index contributed by atoms with van der Waals surface area (Å²) in [6.45, 7) is 0. The van der Waals surface area contributed by atoms with Gasteiger partial charge in [-0.15, -0.1) is 0 Å². The minimum absolute atomic E-state index is 0.275. The van der Waals surface area contributed by atoms with Crippen LogP contribution in [0.15, 0.2) is 78.1 Å². The molecule has 3 aromatic carbocycles. The van der Waals surface area contributed by atoms with Crippen molar-refractivity contribution in [3.63, 3.8) is 0 Å². The number of H-pyrrole nitrogens is 1. The van der Waals surface area contributed by atoms with Crippen LogP contribution in [0.5, 0.6) is 5.75 Å². The van der Waals surface area contributed by atoms with Crippen molar-refractivity contribution in [1.29, 1.82) is 0 Å². The first-order valence-electron chi connectivity index (χ1n) is 7.93. The van der Waals surface area contributed by atoms with Crippen LogP contribution >= 0.6 is 0 Å². The van der Waals surface area contributed by atoms with Gasteiger partial charge in [0.15, 0.2) is 0 Å². The van der Waals surface area contributed by atoms with E-state index in [4.69, 9.17) is 5.21 Å². The zero-order valence-corrected chi connectivity index (χ0v) is 13.3. The van der Waals surface area contributed by atoms with Gasteiger partial charge in [-0.25, -0.2) is 0 Å². The molecule has 0 atom stereocenters. The average Bonchev–Trinajstić information content (AvgIpc) is 3.05. The minimum Gasteiger partial charge on any atom is -0.507 e. The summed E-state index contributed by atoms with van der Waals surface area (Å²) in [6, 6.07) is 21.5. The third-order valence-electron chi connectivity index (χ3n) is 4.34. The van der Waals surface area contributed by atoms with E-state index < -0.39 is 0 Å². The summed E-state index contributed by atoms with van der Waals surface area (Å²) in [4.78, 5) is 3.16. The summed E-state index contributed by atoms with van der Waals surface area (Å²) in [5.41, 5.74) is 5.77. The molecule has 4 aromatic rings. The molecule has 0 aliphatic heterocycles. The molecule has 0 fully saturated rings. The second-order valence-electron chi connectivity index (χ2n) is 5.84. The van der Waals surface area contributed by atoms with E-state index in [0.717, 1.165) is 38.7 Å². The molecule has 4 heteroatoms. The van der Waals surface area contributed by atoms with Gasteiger partial charge < -0.3 is 15.3 Å². The third-order valence-corrected chi connectivity index (χ3v) is 4.34. The molecule has 0 aliphatic carbocycles. The Morgan fingerprint density at radius 2 is 1.56 bits per heavy atom. The fourth-order valence-corrected chi connectivity index (χ4v) is 3.05. The Bertz CT molecular complexity index is 1060. The molecule has 0 amide bonds. The van der Waals surface area contributed by atoms with Crippen LogP contribution in [-0.4, -0.2) is 21.5 Å². The summed E-state index contributed by atoms with van der Waals surface area (Å²) >= 11 is 0. The minimum atomic E-state index is 0.275. The van der Waals surface area contributed by atoms with Crippen LogP contribution in [0.2, 0.25) is 0 Å². The Morgan fingerprint density at radius 1 is 0.840 bits per heavy atom. The van der Waals surface area contributed by atoms with E-state index in [1.165, 1.54) is 6.21 Å². The van der Waals surface area contributed by atoms with Crippen LogP contribution in [0.3, 0.4) is 0 Å². The number of hydrogen-bond donors (Lipinski definition) is 3. The van der Waals surface area contributed by atoms with Crippen molar-refractivity contribution in [2.24, 2.45) is 5.16 Å². The number of aromatic amines is 1. The number of nitrogens with one attached hydrogen (secondary N) is 1. The normalized spacial score (nSPS) is 11.4. The molecule has 0 saturated carbocycles. The number of benzene rings is 3. The Hall–Kier alpha value is -3.53. The van der Waals surface area contributed by atoms with Crippen LogP contribution in [0, 0.1) is 0 Å². The van der Waals surface area contributed by atoms with E-state index in [9.17, 15) is 5.11 Å². The lowest BCUT2D eigenvalue weighted by atomic mass is 9.98. The molecule has 0 bridgehead atoms. The first-order valence-corrected chi connectivity index (χ1v) is 7.93. The van der Waals surface area contributed by atoms with Gasteiger partial charge in [-0.3, -0.25) is 0 Å². The molecular weight excluding hydrogens is 312 g/mol. The second kappa shape index (κ2) is 6.17. The molecule has 1 aromatic heterocycles. The predicted molar refractivity (Wildman–Crippen MR) is 100 cm³/mol. The van der Waals surface area contributed by atoms with Gasteiger partial charge in [0.25, 0.3) is 0 Å². The van der Waals surface area contributed by atoms with Crippen LogP contribution in [0.4, 0.5) is 0 Å². The summed E-state index contributed by atoms with van der Waals surface area (Å²) in [7, 11) is 0. The molecule has 0 aliphatic rings. The predicted octanol–water partition coefficient (Wildman–Crippen LogP) is 5.02. The summed E-state index contributed by atoms with van der Waals surface area (Å²) < 4.78 is 0. The highest BCUT2D eigenvalue weighted by atomic mass is 16.4. The molecule has 1 heterocycles. The summed E-state index contributed by atoms with van der Waals surface area (Å²) in [6.07, 6.45) is 3.24. The molecule has 0 saturated heterocycles. The van der Waals surface area contributed by atoms with Gasteiger partial charge in [0.1, 0.15) is 5.75 Å². The Morgan fingerprint density at radius 3 is 2.32 bits per heavy atom. The van der Waals surface area contributed by atoms with Crippen molar-refractivity contribution in [3.05, 3.63) is 78.5 Å². The fraction of sp³-hybridized carbons (Fsp3) is 0. The monoisotopic (exact) mass is 328 g/mol. The van der Waals surface area contributed by atoms with E-state index in [2.05, 4.69) is 16.2 Å². The van der Waals surface area contributed by atoms with E-state index in [1.807, 2.05) is 60.8 Å². The van der Waals surface area contributed by atoms with Crippen LogP contribution in [-0.2, 0) is 0 Å². The lowest BCUT2D eigenvalue weighted by molar-refractivity contribution is 0.322. The first-order chi connectivity index (χ1) is 12.3. The van der Waals surface area contributed by atoms with Gasteiger partial charge in [0, 0.05) is 28.2 Å². The lowest BCUT2D eigenvalue weighted by Gasteiger charge is -2.07. The molecule has 25 heavy (non-hydrogen) atoms. The number of nitrogens with zero attached hydrogens (tertiary/aromatic N) is 1. The van der Waals surface area contributed by atoms with E-state index >= 15 is 0 Å². The molecule has 122 valence electrons. The number of oxime groups is 1. The number of hydrogen-bond acceptors (Lipinski definition) is 3. The second-order valence-corrected chi connectivity index (χ2v) is 5.84. The van der Waals surface area contributed by atoms with E-state index in [-0.39, 0.29) is 5.75 Å². The maximum absolute atomic E-state index is 9.99. The van der Waals surface area contributed by atoms with Crippen molar-refractivity contribution >= 4 is 17.1 Å². The molecule has 0 radical (unpaired) electrons. The van der Waals surface area contributed by atoms with Gasteiger partial charge in [0.05, 0.1) is 6.21 Å². The van der Waals surface area contributed by atoms with Crippen molar-refractivity contribution < 1.29 is 10.3 Å². The van der Waals surface area contributed by atoms with Crippen molar-refractivity contribution in [3.8, 4) is 28.0 Å². The smallest absolute Gasteiger partial charge is 0.123 e. The van der Waals surface area contributed by atoms with Crippen molar-refractivity contribution in [2.75, 3.05) is 0 Å². The van der Waals surface area contributed by atoms with Gasteiger partial charge in [-0.1, -0.05) is 53.7 Å². The van der Waals surface area contributed by atoms with Crippen molar-refractivity contribution in [2.45, 2.75) is 0 Å².